The van der Waals surface area contributed by atoms with E-state index in [2.05, 4.69) is 20.7 Å². The molecule has 1 aliphatic rings. The molecule has 1 saturated heterocycles. The highest BCUT2D eigenvalue weighted by Gasteiger charge is 2.43. The molecule has 11 nitrogen and oxygen atoms in total. The molecule has 0 aromatic heterocycles. The van der Waals surface area contributed by atoms with Gasteiger partial charge in [-0.05, 0) is 35.2 Å². The summed E-state index contributed by atoms with van der Waals surface area (Å²) in [5.74, 6) is -2.16. The molecule has 0 saturated carbocycles. The Bertz CT molecular complexity index is 1180. The van der Waals surface area contributed by atoms with Gasteiger partial charge in [-0.2, -0.15) is 0 Å². The molecule has 11 heteroatoms. The predicted molar refractivity (Wildman–Crippen MR) is 128 cm³/mol. The number of carbonyl (C=O) groups excluding carboxylic acids is 4. The maximum Gasteiger partial charge on any atom is 0.328 e. The van der Waals surface area contributed by atoms with E-state index in [1.165, 1.54) is 25.9 Å². The molecule has 2 N–H and O–H groups in total. The van der Waals surface area contributed by atoms with Crippen molar-refractivity contribution in [2.24, 2.45) is 5.11 Å². The van der Waals surface area contributed by atoms with E-state index in [0.717, 1.165) is 16.3 Å². The van der Waals surface area contributed by atoms with Gasteiger partial charge in [0.25, 0.3) is 0 Å². The number of rotatable bonds is 8. The second-order valence-electron chi connectivity index (χ2n) is 8.43. The van der Waals surface area contributed by atoms with Crippen LogP contribution in [-0.2, 0) is 30.3 Å². The molecule has 2 aromatic rings. The number of ether oxygens (including phenoxy) is 1. The average molecular weight is 481 g/mol. The van der Waals surface area contributed by atoms with Crippen molar-refractivity contribution in [2.45, 2.75) is 50.9 Å². The largest absolute Gasteiger partial charge is 0.467 e. The number of esters is 1. The number of carbonyl (C=O) groups is 4. The molecule has 1 aliphatic heterocycles. The Hall–Kier alpha value is -4.11. The minimum atomic E-state index is -1.13. The monoisotopic (exact) mass is 480 g/mol. The van der Waals surface area contributed by atoms with Gasteiger partial charge in [0.2, 0.25) is 17.7 Å². The lowest BCUT2D eigenvalue weighted by atomic mass is 10.0. The fraction of sp³-hybridized carbons (Fsp3) is 0.417. The SMILES string of the molecule is COC(=O)[C@H](Cc1ccc2ccccc2c1)NC(=O)[C@@H]1[C@H](N=[N+]=[N-])CCN1C(=O)[C@@H](C)NC(C)=O. The van der Waals surface area contributed by atoms with Crippen LogP contribution >= 0.6 is 0 Å². The zero-order valence-electron chi connectivity index (χ0n) is 19.8. The molecule has 184 valence electrons. The van der Waals surface area contributed by atoms with Crippen molar-refractivity contribution >= 4 is 34.5 Å². The number of nitrogens with one attached hydrogen (secondary N) is 2. The number of nitrogens with zero attached hydrogens (tertiary/aromatic N) is 4. The Balaban J connectivity index is 1.83. The first-order valence-corrected chi connectivity index (χ1v) is 11.2. The first kappa shape index (κ1) is 25.5. The van der Waals surface area contributed by atoms with Gasteiger partial charge in [0.05, 0.1) is 13.2 Å². The second-order valence-corrected chi connectivity index (χ2v) is 8.43. The van der Waals surface area contributed by atoms with Gasteiger partial charge >= 0.3 is 5.97 Å². The number of likely N-dealkylation sites (tertiary alicyclic amines) is 1. The minimum absolute atomic E-state index is 0.165. The highest BCUT2D eigenvalue weighted by Crippen LogP contribution is 2.23. The van der Waals surface area contributed by atoms with Gasteiger partial charge in [0, 0.05) is 24.8 Å². The molecule has 1 fully saturated rings. The predicted octanol–water partition coefficient (Wildman–Crippen LogP) is 1.84. The maximum absolute atomic E-state index is 13.3. The number of hydrogen-bond donors (Lipinski definition) is 2. The summed E-state index contributed by atoms with van der Waals surface area (Å²) in [6.07, 6.45) is 0.437. The standard InChI is InChI=1S/C24H28N6O5/c1-14(26-15(2)31)23(33)30-11-10-19(28-29-25)21(30)22(32)27-20(24(34)35-3)13-16-8-9-17-6-4-5-7-18(17)12-16/h4-9,12,14,19-21H,10-11,13H2,1-3H3,(H,26,31)(H,27,32)/t14-,19-,20+,21+/m1/s1. The van der Waals surface area contributed by atoms with Crippen LogP contribution in [0.3, 0.4) is 0 Å². The molecule has 0 spiro atoms. The van der Waals surface area contributed by atoms with Crippen LogP contribution < -0.4 is 10.6 Å². The highest BCUT2D eigenvalue weighted by molar-refractivity contribution is 5.94. The van der Waals surface area contributed by atoms with Gasteiger partial charge in [-0.25, -0.2) is 4.79 Å². The van der Waals surface area contributed by atoms with Crippen molar-refractivity contribution in [3.63, 3.8) is 0 Å². The average Bonchev–Trinajstić information content (AvgIpc) is 3.26. The van der Waals surface area contributed by atoms with E-state index in [1.54, 1.807) is 0 Å². The molecule has 0 radical (unpaired) electrons. The first-order valence-electron chi connectivity index (χ1n) is 11.2. The number of methoxy groups -OCH3 is 1. The third-order valence-corrected chi connectivity index (χ3v) is 5.96. The molecule has 2 aromatic carbocycles. The molecule has 4 atom stereocenters. The zero-order chi connectivity index (χ0) is 25.5. The summed E-state index contributed by atoms with van der Waals surface area (Å²) in [5, 5.41) is 10.9. The first-order chi connectivity index (χ1) is 16.7. The van der Waals surface area contributed by atoms with E-state index in [4.69, 9.17) is 10.3 Å². The summed E-state index contributed by atoms with van der Waals surface area (Å²) >= 11 is 0. The van der Waals surface area contributed by atoms with Crippen LogP contribution in [0.4, 0.5) is 0 Å². The summed E-state index contributed by atoms with van der Waals surface area (Å²) < 4.78 is 4.90. The van der Waals surface area contributed by atoms with Crippen molar-refractivity contribution in [3.05, 3.63) is 58.5 Å². The smallest absolute Gasteiger partial charge is 0.328 e. The van der Waals surface area contributed by atoms with E-state index in [1.807, 2.05) is 42.5 Å². The molecule has 3 amide bonds. The van der Waals surface area contributed by atoms with E-state index >= 15 is 0 Å². The Kier molecular flexibility index (Phi) is 8.27. The van der Waals surface area contributed by atoms with Crippen molar-refractivity contribution in [1.29, 1.82) is 0 Å². The molecule has 35 heavy (non-hydrogen) atoms. The summed E-state index contributed by atoms with van der Waals surface area (Å²) in [6.45, 7) is 2.96. The van der Waals surface area contributed by atoms with Crippen LogP contribution in [-0.4, -0.2) is 66.4 Å². The van der Waals surface area contributed by atoms with Crippen LogP contribution in [0.15, 0.2) is 47.6 Å². The van der Waals surface area contributed by atoms with Crippen LogP contribution in [0.1, 0.15) is 25.8 Å². The third-order valence-electron chi connectivity index (χ3n) is 5.96. The summed E-state index contributed by atoms with van der Waals surface area (Å²) in [6, 6.07) is 9.66. The number of amides is 3. The molecule has 0 bridgehead atoms. The summed E-state index contributed by atoms with van der Waals surface area (Å²) in [4.78, 5) is 54.3. The van der Waals surface area contributed by atoms with Crippen LogP contribution in [0.5, 0.6) is 0 Å². The van der Waals surface area contributed by atoms with E-state index in [0.29, 0.717) is 0 Å². The van der Waals surface area contributed by atoms with Crippen LogP contribution in [0.25, 0.3) is 21.2 Å². The third kappa shape index (κ3) is 6.07. The van der Waals surface area contributed by atoms with Gasteiger partial charge in [-0.3, -0.25) is 14.4 Å². The van der Waals surface area contributed by atoms with E-state index in [-0.39, 0.29) is 19.4 Å². The molecular weight excluding hydrogens is 452 g/mol. The summed E-state index contributed by atoms with van der Waals surface area (Å²) in [7, 11) is 1.23. The van der Waals surface area contributed by atoms with Crippen LogP contribution in [0.2, 0.25) is 0 Å². The number of fused-ring (bicyclic) bond motifs is 1. The Labute approximate surface area is 202 Å². The lowest BCUT2D eigenvalue weighted by Gasteiger charge is -2.29. The molecule has 3 rings (SSSR count). The second kappa shape index (κ2) is 11.3. The van der Waals surface area contributed by atoms with Crippen molar-refractivity contribution < 1.29 is 23.9 Å². The van der Waals surface area contributed by atoms with Gasteiger partial charge < -0.3 is 20.3 Å². The fourth-order valence-corrected chi connectivity index (χ4v) is 4.34. The lowest BCUT2D eigenvalue weighted by Crippen LogP contribution is -2.57. The highest BCUT2D eigenvalue weighted by atomic mass is 16.5. The molecular formula is C24H28N6O5. The Morgan fingerprint density at radius 1 is 1.17 bits per heavy atom. The lowest BCUT2D eigenvalue weighted by molar-refractivity contribution is -0.146. The van der Waals surface area contributed by atoms with Crippen LogP contribution in [0, 0.1) is 0 Å². The summed E-state index contributed by atoms with van der Waals surface area (Å²) in [5.41, 5.74) is 9.77. The topological polar surface area (TPSA) is 154 Å². The Morgan fingerprint density at radius 3 is 2.54 bits per heavy atom. The fourth-order valence-electron chi connectivity index (χ4n) is 4.34. The number of benzene rings is 2. The van der Waals surface area contributed by atoms with Crippen molar-refractivity contribution in [1.82, 2.24) is 15.5 Å². The quantitative estimate of drug-likeness (QED) is 0.255. The Morgan fingerprint density at radius 2 is 1.89 bits per heavy atom. The normalized spacial score (nSPS) is 18.8. The van der Waals surface area contributed by atoms with Gasteiger partial charge in [0.1, 0.15) is 18.1 Å². The van der Waals surface area contributed by atoms with Crippen molar-refractivity contribution in [3.8, 4) is 0 Å². The van der Waals surface area contributed by atoms with Gasteiger partial charge in [0.15, 0.2) is 0 Å². The molecule has 1 heterocycles. The molecule has 0 unspecified atom stereocenters. The molecule has 0 aliphatic carbocycles. The number of azide groups is 1. The van der Waals surface area contributed by atoms with Crippen molar-refractivity contribution in [2.75, 3.05) is 13.7 Å². The van der Waals surface area contributed by atoms with Gasteiger partial charge in [-0.1, -0.05) is 47.6 Å². The number of hydrogen-bond acceptors (Lipinski definition) is 6. The zero-order valence-corrected chi connectivity index (χ0v) is 19.8. The van der Waals surface area contributed by atoms with E-state index < -0.39 is 47.9 Å². The van der Waals surface area contributed by atoms with E-state index in [9.17, 15) is 19.2 Å². The van der Waals surface area contributed by atoms with Gasteiger partial charge in [-0.15, -0.1) is 0 Å². The minimum Gasteiger partial charge on any atom is -0.467 e. The maximum atomic E-state index is 13.3.